The highest BCUT2D eigenvalue weighted by Crippen LogP contribution is 2.29. The Bertz CT molecular complexity index is 540. The van der Waals surface area contributed by atoms with Gasteiger partial charge in [-0.15, -0.1) is 13.2 Å². The molecule has 1 aliphatic heterocycles. The molecule has 0 saturated carbocycles. The minimum atomic E-state index is -4.75. The summed E-state index contributed by atoms with van der Waals surface area (Å²) < 4.78 is 41.1. The lowest BCUT2D eigenvalue weighted by Gasteiger charge is -2.27. The standard InChI is InChI=1S/C15H21F3N4O/c1-22-8-6-11(7-9-22)10-20-14(19)21-12-4-2-3-5-13(12)23-15(16,17)18/h2-5,11H,6-10H2,1H3,(H3,19,20,21). The minimum absolute atomic E-state index is 0.0853. The summed E-state index contributed by atoms with van der Waals surface area (Å²) in [5.74, 6) is 0.202. The summed E-state index contributed by atoms with van der Waals surface area (Å²) in [5.41, 5.74) is 5.91. The number of nitrogens with zero attached hydrogens (tertiary/aromatic N) is 2. The van der Waals surface area contributed by atoms with Gasteiger partial charge < -0.3 is 20.7 Å². The van der Waals surface area contributed by atoms with E-state index in [2.05, 4.69) is 27.0 Å². The monoisotopic (exact) mass is 330 g/mol. The van der Waals surface area contributed by atoms with E-state index in [1.54, 1.807) is 6.07 Å². The van der Waals surface area contributed by atoms with E-state index in [0.717, 1.165) is 25.9 Å². The highest BCUT2D eigenvalue weighted by molar-refractivity contribution is 5.93. The molecule has 0 aliphatic carbocycles. The SMILES string of the molecule is CN1CCC(CN=C(N)Nc2ccccc2OC(F)(F)F)CC1. The van der Waals surface area contributed by atoms with Gasteiger partial charge in [-0.2, -0.15) is 0 Å². The van der Waals surface area contributed by atoms with E-state index in [9.17, 15) is 13.2 Å². The number of nitrogens with two attached hydrogens (primary N) is 1. The molecule has 1 aliphatic rings. The molecule has 1 aromatic carbocycles. The van der Waals surface area contributed by atoms with Crippen LogP contribution in [0, 0.1) is 5.92 Å². The molecule has 1 fully saturated rings. The van der Waals surface area contributed by atoms with Gasteiger partial charge in [0, 0.05) is 6.54 Å². The molecule has 2 rings (SSSR count). The van der Waals surface area contributed by atoms with Crippen molar-refractivity contribution in [3.05, 3.63) is 24.3 Å². The molecule has 0 spiro atoms. The summed E-state index contributed by atoms with van der Waals surface area (Å²) in [4.78, 5) is 6.49. The van der Waals surface area contributed by atoms with Crippen LogP contribution in [0.3, 0.4) is 0 Å². The minimum Gasteiger partial charge on any atom is -0.404 e. The van der Waals surface area contributed by atoms with Gasteiger partial charge in [0.2, 0.25) is 0 Å². The van der Waals surface area contributed by atoms with Crippen LogP contribution < -0.4 is 15.8 Å². The third kappa shape index (κ3) is 5.97. The summed E-state index contributed by atoms with van der Waals surface area (Å²) in [6.07, 6.45) is -2.67. The van der Waals surface area contributed by atoms with Crippen molar-refractivity contribution in [2.45, 2.75) is 19.2 Å². The van der Waals surface area contributed by atoms with Crippen molar-refractivity contribution in [1.82, 2.24) is 4.90 Å². The molecule has 128 valence electrons. The summed E-state index contributed by atoms with van der Waals surface area (Å²) in [6.45, 7) is 2.61. The normalized spacial score (nSPS) is 18.0. The average molecular weight is 330 g/mol. The Hall–Kier alpha value is -1.96. The fourth-order valence-electron chi connectivity index (χ4n) is 2.43. The molecular weight excluding hydrogens is 309 g/mol. The van der Waals surface area contributed by atoms with Crippen molar-refractivity contribution in [2.75, 3.05) is 32.0 Å². The maximum absolute atomic E-state index is 12.4. The predicted molar refractivity (Wildman–Crippen MR) is 83.5 cm³/mol. The number of nitrogens with one attached hydrogen (secondary N) is 1. The lowest BCUT2D eigenvalue weighted by atomic mass is 9.97. The Balaban J connectivity index is 1.94. The van der Waals surface area contributed by atoms with Crippen molar-refractivity contribution in [1.29, 1.82) is 0 Å². The number of piperidine rings is 1. The lowest BCUT2D eigenvalue weighted by Crippen LogP contribution is -2.32. The molecule has 23 heavy (non-hydrogen) atoms. The van der Waals surface area contributed by atoms with E-state index in [1.807, 2.05) is 0 Å². The number of aliphatic imine (C=N–C) groups is 1. The molecule has 8 heteroatoms. The zero-order valence-corrected chi connectivity index (χ0v) is 12.9. The van der Waals surface area contributed by atoms with Crippen molar-refractivity contribution in [3.8, 4) is 5.75 Å². The summed E-state index contributed by atoms with van der Waals surface area (Å²) in [7, 11) is 2.08. The number of hydrogen-bond donors (Lipinski definition) is 2. The molecule has 0 radical (unpaired) electrons. The number of likely N-dealkylation sites (tertiary alicyclic amines) is 1. The first-order valence-electron chi connectivity index (χ1n) is 7.44. The second-order valence-corrected chi connectivity index (χ2v) is 5.64. The molecule has 0 aromatic heterocycles. The predicted octanol–water partition coefficient (Wildman–Crippen LogP) is 2.65. The number of hydrogen-bond acceptors (Lipinski definition) is 3. The van der Waals surface area contributed by atoms with Crippen LogP contribution in [0.4, 0.5) is 18.9 Å². The topological polar surface area (TPSA) is 62.9 Å². The van der Waals surface area contributed by atoms with Gasteiger partial charge in [0.05, 0.1) is 5.69 Å². The van der Waals surface area contributed by atoms with E-state index < -0.39 is 6.36 Å². The highest BCUT2D eigenvalue weighted by atomic mass is 19.4. The van der Waals surface area contributed by atoms with Gasteiger partial charge in [-0.1, -0.05) is 12.1 Å². The summed E-state index contributed by atoms with van der Waals surface area (Å²) in [6, 6.07) is 5.73. The van der Waals surface area contributed by atoms with E-state index in [0.29, 0.717) is 12.5 Å². The molecule has 1 saturated heterocycles. The number of anilines is 1. The van der Waals surface area contributed by atoms with Gasteiger partial charge in [0.25, 0.3) is 0 Å². The number of halogens is 3. The molecule has 5 nitrogen and oxygen atoms in total. The smallest absolute Gasteiger partial charge is 0.404 e. The number of benzene rings is 1. The van der Waals surface area contributed by atoms with Gasteiger partial charge in [0.1, 0.15) is 0 Å². The van der Waals surface area contributed by atoms with Crippen LogP contribution in [0.1, 0.15) is 12.8 Å². The van der Waals surface area contributed by atoms with Crippen molar-refractivity contribution >= 4 is 11.6 Å². The van der Waals surface area contributed by atoms with Crippen molar-refractivity contribution in [3.63, 3.8) is 0 Å². The van der Waals surface area contributed by atoms with Crippen LogP contribution in [0.15, 0.2) is 29.3 Å². The third-order valence-corrected chi connectivity index (χ3v) is 3.73. The second kappa shape index (κ2) is 7.54. The zero-order chi connectivity index (χ0) is 16.9. The van der Waals surface area contributed by atoms with Gasteiger partial charge in [-0.05, 0) is 51.0 Å². The van der Waals surface area contributed by atoms with Crippen LogP contribution >= 0.6 is 0 Å². The Morgan fingerprint density at radius 2 is 2.00 bits per heavy atom. The van der Waals surface area contributed by atoms with Gasteiger partial charge >= 0.3 is 6.36 Å². The number of para-hydroxylation sites is 2. The van der Waals surface area contributed by atoms with Crippen LogP contribution in [-0.2, 0) is 0 Å². The number of ether oxygens (including phenoxy) is 1. The van der Waals surface area contributed by atoms with Crippen LogP contribution in [0.2, 0.25) is 0 Å². The molecule has 3 N–H and O–H groups in total. The van der Waals surface area contributed by atoms with Gasteiger partial charge in [-0.3, -0.25) is 4.99 Å². The Labute approximate surface area is 133 Å². The summed E-state index contributed by atoms with van der Waals surface area (Å²) >= 11 is 0. The van der Waals surface area contributed by atoms with Gasteiger partial charge in [0.15, 0.2) is 11.7 Å². The highest BCUT2D eigenvalue weighted by Gasteiger charge is 2.32. The molecule has 0 unspecified atom stereocenters. The maximum Gasteiger partial charge on any atom is 0.573 e. The van der Waals surface area contributed by atoms with E-state index in [1.165, 1.54) is 18.2 Å². The van der Waals surface area contributed by atoms with Crippen LogP contribution in [0.5, 0.6) is 5.75 Å². The zero-order valence-electron chi connectivity index (χ0n) is 12.9. The Morgan fingerprint density at radius 1 is 1.35 bits per heavy atom. The van der Waals surface area contributed by atoms with Crippen molar-refractivity contribution in [2.24, 2.45) is 16.6 Å². The van der Waals surface area contributed by atoms with E-state index >= 15 is 0 Å². The largest absolute Gasteiger partial charge is 0.573 e. The van der Waals surface area contributed by atoms with Crippen molar-refractivity contribution < 1.29 is 17.9 Å². The first-order chi connectivity index (χ1) is 10.8. The molecule has 0 atom stereocenters. The molecule has 1 aromatic rings. The molecule has 0 amide bonds. The number of guanidine groups is 1. The molecular formula is C15H21F3N4O. The first-order valence-corrected chi connectivity index (χ1v) is 7.44. The van der Waals surface area contributed by atoms with Crippen LogP contribution in [-0.4, -0.2) is 43.9 Å². The molecule has 0 bridgehead atoms. The number of rotatable bonds is 4. The number of alkyl halides is 3. The lowest BCUT2D eigenvalue weighted by molar-refractivity contribution is -0.274. The Kier molecular flexibility index (Phi) is 5.70. The summed E-state index contributed by atoms with van der Waals surface area (Å²) in [5, 5.41) is 2.67. The maximum atomic E-state index is 12.4. The fraction of sp³-hybridized carbons (Fsp3) is 0.533. The fourth-order valence-corrected chi connectivity index (χ4v) is 2.43. The third-order valence-electron chi connectivity index (χ3n) is 3.73. The van der Waals surface area contributed by atoms with E-state index in [-0.39, 0.29) is 17.4 Å². The second-order valence-electron chi connectivity index (χ2n) is 5.64. The Morgan fingerprint density at radius 3 is 2.65 bits per heavy atom. The quantitative estimate of drug-likeness (QED) is 0.658. The molecule has 1 heterocycles. The van der Waals surface area contributed by atoms with E-state index in [4.69, 9.17) is 5.73 Å². The average Bonchev–Trinajstić information content (AvgIpc) is 2.47. The van der Waals surface area contributed by atoms with Crippen LogP contribution in [0.25, 0.3) is 0 Å². The van der Waals surface area contributed by atoms with Gasteiger partial charge in [-0.25, -0.2) is 0 Å². The first kappa shape index (κ1) is 17.4.